The molecule has 2 unspecified atom stereocenters. The molecule has 2 aromatic rings. The molecule has 0 bridgehead atoms. The molecule has 2 atom stereocenters. The van der Waals surface area contributed by atoms with E-state index in [9.17, 15) is 0 Å². The van der Waals surface area contributed by atoms with Gasteiger partial charge in [0.05, 0.1) is 0 Å². The van der Waals surface area contributed by atoms with Crippen LogP contribution in [0.15, 0.2) is 60.7 Å². The normalized spacial score (nSPS) is 16.7. The summed E-state index contributed by atoms with van der Waals surface area (Å²) in [6, 6.07) is 20.6. The second kappa shape index (κ2) is 7.08. The highest BCUT2D eigenvalue weighted by Gasteiger charge is 2.48. The van der Waals surface area contributed by atoms with E-state index in [-0.39, 0.29) is 0 Å². The molecule has 0 aliphatic rings. The maximum absolute atomic E-state index is 6.35. The Hall–Kier alpha value is -1.64. The molecule has 0 radical (unpaired) electrons. The lowest BCUT2D eigenvalue weighted by Gasteiger charge is -2.46. The zero-order valence-electron chi connectivity index (χ0n) is 14.0. The Kier molecular flexibility index (Phi) is 5.38. The molecule has 0 aliphatic carbocycles. The van der Waals surface area contributed by atoms with Gasteiger partial charge in [0.2, 0.25) is 0 Å². The van der Waals surface area contributed by atoms with Gasteiger partial charge in [0.25, 0.3) is 0 Å². The summed E-state index contributed by atoms with van der Waals surface area (Å²) >= 11 is 0. The Morgan fingerprint density at radius 3 is 1.64 bits per heavy atom. The van der Waals surface area contributed by atoms with Crippen LogP contribution >= 0.6 is 0 Å². The van der Waals surface area contributed by atoms with E-state index in [0.717, 1.165) is 17.5 Å². The Morgan fingerprint density at radius 2 is 1.23 bits per heavy atom. The minimum atomic E-state index is -0.579. The van der Waals surface area contributed by atoms with Crippen molar-refractivity contribution >= 4 is 0 Å². The minimum Gasteiger partial charge on any atom is -0.370 e. The molecule has 0 amide bonds. The SMILES string of the molecule is CCCOC(C)(c1ccccc1)C(C)(OC)c1ccccc1. The quantitative estimate of drug-likeness (QED) is 0.724. The summed E-state index contributed by atoms with van der Waals surface area (Å²) in [6.45, 7) is 7.04. The van der Waals surface area contributed by atoms with Gasteiger partial charge in [-0.1, -0.05) is 67.6 Å². The maximum Gasteiger partial charge on any atom is 0.123 e. The fourth-order valence-corrected chi connectivity index (χ4v) is 2.90. The highest BCUT2D eigenvalue weighted by atomic mass is 16.6. The van der Waals surface area contributed by atoms with Crippen molar-refractivity contribution in [2.75, 3.05) is 13.7 Å². The van der Waals surface area contributed by atoms with Crippen LogP contribution in [0, 0.1) is 0 Å². The first-order valence-corrected chi connectivity index (χ1v) is 7.88. The van der Waals surface area contributed by atoms with Crippen molar-refractivity contribution < 1.29 is 9.47 Å². The molecule has 22 heavy (non-hydrogen) atoms. The molecule has 2 aromatic carbocycles. The van der Waals surface area contributed by atoms with E-state index in [1.807, 2.05) is 36.4 Å². The van der Waals surface area contributed by atoms with Gasteiger partial charge >= 0.3 is 0 Å². The number of methoxy groups -OCH3 is 1. The van der Waals surface area contributed by atoms with E-state index in [0.29, 0.717) is 6.61 Å². The van der Waals surface area contributed by atoms with Gasteiger partial charge in [0.1, 0.15) is 11.2 Å². The fraction of sp³-hybridized carbons (Fsp3) is 0.400. The van der Waals surface area contributed by atoms with E-state index in [4.69, 9.17) is 9.47 Å². The van der Waals surface area contributed by atoms with Crippen molar-refractivity contribution in [3.8, 4) is 0 Å². The van der Waals surface area contributed by atoms with Crippen molar-refractivity contribution in [1.82, 2.24) is 0 Å². The van der Waals surface area contributed by atoms with E-state index in [2.05, 4.69) is 45.0 Å². The number of rotatable bonds is 7. The zero-order chi connectivity index (χ0) is 16.1. The molecular weight excluding hydrogens is 272 g/mol. The van der Waals surface area contributed by atoms with E-state index in [1.54, 1.807) is 7.11 Å². The second-order valence-corrected chi connectivity index (χ2v) is 5.85. The molecule has 2 heteroatoms. The summed E-state index contributed by atoms with van der Waals surface area (Å²) in [6.07, 6.45) is 0.969. The lowest BCUT2D eigenvalue weighted by atomic mass is 9.75. The lowest BCUT2D eigenvalue weighted by Crippen LogP contribution is -2.48. The van der Waals surface area contributed by atoms with Crippen molar-refractivity contribution in [3.05, 3.63) is 71.8 Å². The topological polar surface area (TPSA) is 18.5 Å². The summed E-state index contributed by atoms with van der Waals surface area (Å²) < 4.78 is 12.4. The summed E-state index contributed by atoms with van der Waals surface area (Å²) in [7, 11) is 1.75. The van der Waals surface area contributed by atoms with Crippen molar-refractivity contribution in [3.63, 3.8) is 0 Å². The molecule has 0 aliphatic heterocycles. The van der Waals surface area contributed by atoms with Crippen molar-refractivity contribution in [1.29, 1.82) is 0 Å². The van der Waals surface area contributed by atoms with Crippen LogP contribution in [-0.4, -0.2) is 13.7 Å². The fourth-order valence-electron chi connectivity index (χ4n) is 2.90. The van der Waals surface area contributed by atoms with Gasteiger partial charge < -0.3 is 9.47 Å². The molecule has 2 nitrogen and oxygen atoms in total. The molecule has 0 saturated heterocycles. The summed E-state index contributed by atoms with van der Waals surface area (Å²) in [4.78, 5) is 0. The first-order valence-electron chi connectivity index (χ1n) is 7.88. The number of hydrogen-bond donors (Lipinski definition) is 0. The van der Waals surface area contributed by atoms with Gasteiger partial charge in [-0.3, -0.25) is 0 Å². The van der Waals surface area contributed by atoms with Crippen LogP contribution in [-0.2, 0) is 20.7 Å². The van der Waals surface area contributed by atoms with E-state index in [1.165, 1.54) is 0 Å². The van der Waals surface area contributed by atoms with Crippen molar-refractivity contribution in [2.45, 2.75) is 38.4 Å². The van der Waals surface area contributed by atoms with Crippen molar-refractivity contribution in [2.24, 2.45) is 0 Å². The Labute approximate surface area is 134 Å². The van der Waals surface area contributed by atoms with Crippen LogP contribution in [0.3, 0.4) is 0 Å². The molecule has 0 spiro atoms. The molecule has 0 aromatic heterocycles. The predicted octanol–water partition coefficient (Wildman–Crippen LogP) is 4.89. The van der Waals surface area contributed by atoms with Crippen LogP contribution in [0.4, 0.5) is 0 Å². The van der Waals surface area contributed by atoms with Crippen LogP contribution in [0.25, 0.3) is 0 Å². The van der Waals surface area contributed by atoms with Crippen LogP contribution in [0.1, 0.15) is 38.3 Å². The summed E-state index contributed by atoms with van der Waals surface area (Å²) in [5.74, 6) is 0. The second-order valence-electron chi connectivity index (χ2n) is 5.85. The average molecular weight is 298 g/mol. The van der Waals surface area contributed by atoms with E-state index < -0.39 is 11.2 Å². The maximum atomic E-state index is 6.35. The predicted molar refractivity (Wildman–Crippen MR) is 90.8 cm³/mol. The Bertz CT molecular complexity index is 567. The lowest BCUT2D eigenvalue weighted by molar-refractivity contribution is -0.194. The average Bonchev–Trinajstić information content (AvgIpc) is 2.60. The third-order valence-corrected chi connectivity index (χ3v) is 4.56. The summed E-state index contributed by atoms with van der Waals surface area (Å²) in [5.41, 5.74) is 1.09. The van der Waals surface area contributed by atoms with Crippen LogP contribution in [0.2, 0.25) is 0 Å². The van der Waals surface area contributed by atoms with Gasteiger partial charge in [0.15, 0.2) is 0 Å². The smallest absolute Gasteiger partial charge is 0.123 e. The number of benzene rings is 2. The first-order chi connectivity index (χ1) is 10.6. The highest BCUT2D eigenvalue weighted by Crippen LogP contribution is 2.45. The molecule has 118 valence electrons. The molecule has 0 N–H and O–H groups in total. The van der Waals surface area contributed by atoms with Gasteiger partial charge in [-0.15, -0.1) is 0 Å². The Balaban J connectivity index is 2.56. The first kappa shape index (κ1) is 16.7. The van der Waals surface area contributed by atoms with Crippen LogP contribution < -0.4 is 0 Å². The Morgan fingerprint density at radius 1 is 0.773 bits per heavy atom. The van der Waals surface area contributed by atoms with Gasteiger partial charge in [-0.05, 0) is 31.4 Å². The molecule has 0 heterocycles. The minimum absolute atomic E-state index is 0.569. The number of hydrogen-bond acceptors (Lipinski definition) is 2. The molecular formula is C20H26O2. The van der Waals surface area contributed by atoms with Gasteiger partial charge in [-0.2, -0.15) is 0 Å². The van der Waals surface area contributed by atoms with Crippen LogP contribution in [0.5, 0.6) is 0 Å². The summed E-state index contributed by atoms with van der Waals surface area (Å²) in [5, 5.41) is 0. The number of ether oxygens (including phenoxy) is 2. The zero-order valence-corrected chi connectivity index (χ0v) is 14.0. The molecule has 0 fully saturated rings. The van der Waals surface area contributed by atoms with E-state index >= 15 is 0 Å². The molecule has 2 rings (SSSR count). The third-order valence-electron chi connectivity index (χ3n) is 4.56. The highest BCUT2D eigenvalue weighted by molar-refractivity contribution is 5.33. The monoisotopic (exact) mass is 298 g/mol. The standard InChI is InChI=1S/C20H26O2/c1-5-16-22-20(3,18-14-10-7-11-15-18)19(2,21-4)17-12-8-6-9-13-17/h6-15H,5,16H2,1-4H3. The largest absolute Gasteiger partial charge is 0.370 e. The van der Waals surface area contributed by atoms with Gasteiger partial charge in [-0.25, -0.2) is 0 Å². The van der Waals surface area contributed by atoms with Gasteiger partial charge in [0, 0.05) is 13.7 Å². The third kappa shape index (κ3) is 2.94. The molecule has 0 saturated carbocycles.